The highest BCUT2D eigenvalue weighted by atomic mass is 32.1. The molecule has 25 heavy (non-hydrogen) atoms. The predicted molar refractivity (Wildman–Crippen MR) is 101 cm³/mol. The Hall–Kier alpha value is -1.96. The van der Waals surface area contributed by atoms with Crippen LogP contribution < -0.4 is 10.6 Å². The Kier molecular flexibility index (Phi) is 6.38. The third-order valence-corrected chi connectivity index (χ3v) is 5.07. The lowest BCUT2D eigenvalue weighted by molar-refractivity contribution is 0.605. The molecule has 0 atom stereocenters. The van der Waals surface area contributed by atoms with Crippen LogP contribution in [0.25, 0.3) is 0 Å². The van der Waals surface area contributed by atoms with Crippen molar-refractivity contribution < 1.29 is 0 Å². The molecule has 8 heteroatoms. The van der Waals surface area contributed by atoms with Crippen LogP contribution in [-0.4, -0.2) is 38.8 Å². The number of aryl methyl sites for hydroxylation is 2. The van der Waals surface area contributed by atoms with Crippen molar-refractivity contribution in [3.63, 3.8) is 0 Å². The summed E-state index contributed by atoms with van der Waals surface area (Å²) in [7, 11) is 0. The van der Waals surface area contributed by atoms with Gasteiger partial charge in [-0.2, -0.15) is 0 Å². The summed E-state index contributed by atoms with van der Waals surface area (Å²) in [6.07, 6.45) is 5.61. The van der Waals surface area contributed by atoms with Crippen molar-refractivity contribution in [3.05, 3.63) is 27.7 Å². The second-order valence-electron chi connectivity index (χ2n) is 6.22. The van der Waals surface area contributed by atoms with E-state index in [0.717, 1.165) is 60.8 Å². The quantitative estimate of drug-likeness (QED) is 0.608. The average molecular weight is 362 g/mol. The van der Waals surface area contributed by atoms with Crippen LogP contribution in [0.4, 0.5) is 0 Å². The van der Waals surface area contributed by atoms with Crippen LogP contribution in [0.1, 0.15) is 48.5 Å². The first-order valence-electron chi connectivity index (χ1n) is 9.10. The second kappa shape index (κ2) is 8.94. The van der Waals surface area contributed by atoms with Gasteiger partial charge in [-0.15, -0.1) is 21.5 Å². The van der Waals surface area contributed by atoms with Crippen molar-refractivity contribution in [2.24, 2.45) is 4.99 Å². The zero-order chi connectivity index (χ0) is 17.5. The topological polar surface area (TPSA) is 80.0 Å². The van der Waals surface area contributed by atoms with E-state index in [4.69, 9.17) is 0 Å². The maximum atomic E-state index is 4.68. The van der Waals surface area contributed by atoms with E-state index in [0.29, 0.717) is 6.54 Å². The number of aromatic nitrogens is 4. The SMILES string of the molecule is CCNC(=NCc1nnc2n1CCCCC2)NCCc1csc(C)n1. The molecule has 0 saturated heterocycles. The van der Waals surface area contributed by atoms with Crippen molar-refractivity contribution in [1.82, 2.24) is 30.4 Å². The Balaban J connectivity index is 1.57. The van der Waals surface area contributed by atoms with Crippen LogP contribution in [-0.2, 0) is 25.9 Å². The Labute approximate surface area is 153 Å². The molecule has 3 heterocycles. The van der Waals surface area contributed by atoms with Gasteiger partial charge in [-0.3, -0.25) is 0 Å². The molecule has 1 aliphatic heterocycles. The summed E-state index contributed by atoms with van der Waals surface area (Å²) in [6.45, 7) is 7.32. The number of nitrogens with zero attached hydrogens (tertiary/aromatic N) is 5. The molecule has 3 rings (SSSR count). The minimum Gasteiger partial charge on any atom is -0.357 e. The molecule has 0 fully saturated rings. The molecule has 2 aromatic heterocycles. The average Bonchev–Trinajstić information content (AvgIpc) is 3.11. The summed E-state index contributed by atoms with van der Waals surface area (Å²) in [5.41, 5.74) is 1.13. The highest BCUT2D eigenvalue weighted by Crippen LogP contribution is 2.14. The van der Waals surface area contributed by atoms with E-state index in [1.54, 1.807) is 11.3 Å². The van der Waals surface area contributed by atoms with Crippen molar-refractivity contribution in [1.29, 1.82) is 0 Å². The van der Waals surface area contributed by atoms with Gasteiger partial charge in [-0.1, -0.05) is 6.42 Å². The van der Waals surface area contributed by atoms with Gasteiger partial charge >= 0.3 is 0 Å². The van der Waals surface area contributed by atoms with Crippen molar-refractivity contribution in [2.75, 3.05) is 13.1 Å². The molecular formula is C17H27N7S. The van der Waals surface area contributed by atoms with Gasteiger partial charge in [-0.25, -0.2) is 9.98 Å². The van der Waals surface area contributed by atoms with E-state index < -0.39 is 0 Å². The number of hydrogen-bond donors (Lipinski definition) is 2. The molecule has 2 aromatic rings. The molecular weight excluding hydrogens is 334 g/mol. The maximum Gasteiger partial charge on any atom is 0.191 e. The molecule has 0 saturated carbocycles. The third-order valence-electron chi connectivity index (χ3n) is 4.25. The van der Waals surface area contributed by atoms with Gasteiger partial charge < -0.3 is 15.2 Å². The number of guanidine groups is 1. The molecule has 0 amide bonds. The van der Waals surface area contributed by atoms with Gasteiger partial charge in [0.2, 0.25) is 0 Å². The molecule has 0 radical (unpaired) electrons. The Morgan fingerprint density at radius 2 is 2.20 bits per heavy atom. The molecule has 7 nitrogen and oxygen atoms in total. The fourth-order valence-corrected chi connectivity index (χ4v) is 3.63. The van der Waals surface area contributed by atoms with Gasteiger partial charge in [0.15, 0.2) is 11.8 Å². The van der Waals surface area contributed by atoms with E-state index in [-0.39, 0.29) is 0 Å². The van der Waals surface area contributed by atoms with Crippen molar-refractivity contribution in [3.8, 4) is 0 Å². The summed E-state index contributed by atoms with van der Waals surface area (Å²) in [4.78, 5) is 9.18. The first kappa shape index (κ1) is 17.8. The summed E-state index contributed by atoms with van der Waals surface area (Å²) < 4.78 is 2.25. The molecule has 2 N–H and O–H groups in total. The standard InChI is InChI=1S/C17H27N7S/c1-3-18-17(19-9-8-14-12-25-13(2)21-14)20-11-16-23-22-15-7-5-4-6-10-24(15)16/h12H,3-11H2,1-2H3,(H2,18,19,20). The van der Waals surface area contributed by atoms with Crippen LogP contribution in [0.5, 0.6) is 0 Å². The van der Waals surface area contributed by atoms with Gasteiger partial charge in [0, 0.05) is 37.9 Å². The highest BCUT2D eigenvalue weighted by Gasteiger charge is 2.14. The molecule has 1 aliphatic rings. The zero-order valence-corrected chi connectivity index (χ0v) is 15.9. The molecule has 0 aromatic carbocycles. The van der Waals surface area contributed by atoms with Gasteiger partial charge in [0.05, 0.1) is 10.7 Å². The first-order chi connectivity index (χ1) is 12.3. The minimum absolute atomic E-state index is 0.554. The Morgan fingerprint density at radius 1 is 1.28 bits per heavy atom. The van der Waals surface area contributed by atoms with Gasteiger partial charge in [0.25, 0.3) is 0 Å². The van der Waals surface area contributed by atoms with E-state index in [1.165, 1.54) is 19.3 Å². The molecule has 0 unspecified atom stereocenters. The first-order valence-corrected chi connectivity index (χ1v) is 9.98. The minimum atomic E-state index is 0.554. The number of aliphatic imine (C=N–C) groups is 1. The number of rotatable bonds is 6. The Bertz CT molecular complexity index is 704. The lowest BCUT2D eigenvalue weighted by atomic mass is 10.2. The predicted octanol–water partition coefficient (Wildman–Crippen LogP) is 2.07. The van der Waals surface area contributed by atoms with Crippen LogP contribution in [0.3, 0.4) is 0 Å². The van der Waals surface area contributed by atoms with E-state index in [9.17, 15) is 0 Å². The van der Waals surface area contributed by atoms with E-state index in [2.05, 4.69) is 47.7 Å². The molecule has 136 valence electrons. The van der Waals surface area contributed by atoms with Crippen LogP contribution in [0, 0.1) is 6.92 Å². The summed E-state index contributed by atoms with van der Waals surface area (Å²) in [5, 5.41) is 18.6. The maximum absolute atomic E-state index is 4.68. The summed E-state index contributed by atoms with van der Waals surface area (Å²) in [5.74, 6) is 2.89. The fourth-order valence-electron chi connectivity index (χ4n) is 2.99. The number of hydrogen-bond acceptors (Lipinski definition) is 5. The zero-order valence-electron chi connectivity index (χ0n) is 15.1. The van der Waals surface area contributed by atoms with Gasteiger partial charge in [0.1, 0.15) is 12.4 Å². The van der Waals surface area contributed by atoms with Crippen molar-refractivity contribution >= 4 is 17.3 Å². The number of thiazole rings is 1. The van der Waals surface area contributed by atoms with Crippen LogP contribution in [0.2, 0.25) is 0 Å². The van der Waals surface area contributed by atoms with Crippen molar-refractivity contribution in [2.45, 2.75) is 59.0 Å². The highest BCUT2D eigenvalue weighted by molar-refractivity contribution is 7.09. The van der Waals surface area contributed by atoms with Crippen LogP contribution >= 0.6 is 11.3 Å². The largest absolute Gasteiger partial charge is 0.357 e. The fraction of sp³-hybridized carbons (Fsp3) is 0.647. The molecule has 0 aliphatic carbocycles. The summed E-state index contributed by atoms with van der Waals surface area (Å²) >= 11 is 1.69. The van der Waals surface area contributed by atoms with E-state index >= 15 is 0 Å². The summed E-state index contributed by atoms with van der Waals surface area (Å²) in [6, 6.07) is 0. The smallest absolute Gasteiger partial charge is 0.191 e. The van der Waals surface area contributed by atoms with Gasteiger partial charge in [-0.05, 0) is 26.7 Å². The second-order valence-corrected chi connectivity index (χ2v) is 7.29. The normalized spacial score (nSPS) is 14.9. The number of fused-ring (bicyclic) bond motifs is 1. The van der Waals surface area contributed by atoms with Crippen LogP contribution in [0.15, 0.2) is 10.4 Å². The molecule has 0 spiro atoms. The Morgan fingerprint density at radius 3 is 3.00 bits per heavy atom. The lowest BCUT2D eigenvalue weighted by Gasteiger charge is -2.11. The number of nitrogens with one attached hydrogen (secondary N) is 2. The monoisotopic (exact) mass is 361 g/mol. The van der Waals surface area contributed by atoms with E-state index in [1.807, 2.05) is 6.92 Å². The molecule has 0 bridgehead atoms. The lowest BCUT2D eigenvalue weighted by Crippen LogP contribution is -2.38. The third kappa shape index (κ3) is 5.01.